The van der Waals surface area contributed by atoms with Crippen LogP contribution in [0.5, 0.6) is 0 Å². The highest BCUT2D eigenvalue weighted by Gasteiger charge is 2.24. The lowest BCUT2D eigenvalue weighted by atomic mass is 10.2. The molecule has 3 aromatic rings. The highest BCUT2D eigenvalue weighted by Crippen LogP contribution is 2.26. The van der Waals surface area contributed by atoms with E-state index in [1.807, 2.05) is 49.4 Å². The molecule has 0 bridgehead atoms. The van der Waals surface area contributed by atoms with Gasteiger partial charge in [-0.2, -0.15) is 0 Å². The molecule has 1 amide bonds. The number of benzene rings is 1. The van der Waals surface area contributed by atoms with Gasteiger partial charge in [-0.15, -0.1) is 23.1 Å². The molecule has 3 rings (SSSR count). The molecule has 0 radical (unpaired) electrons. The Kier molecular flexibility index (Phi) is 8.60. The number of nitrogens with two attached hydrogens (primary N) is 1. The van der Waals surface area contributed by atoms with Crippen molar-refractivity contribution in [2.45, 2.75) is 32.1 Å². The Labute approximate surface area is 199 Å². The van der Waals surface area contributed by atoms with E-state index in [0.717, 1.165) is 16.9 Å². The van der Waals surface area contributed by atoms with Crippen LogP contribution in [-0.4, -0.2) is 27.8 Å². The molecular formula is C22H25ClN4O3S2. The highest BCUT2D eigenvalue weighted by molar-refractivity contribution is 7.99. The second kappa shape index (κ2) is 11.4. The Morgan fingerprint density at radius 2 is 1.97 bits per heavy atom. The van der Waals surface area contributed by atoms with Crippen LogP contribution in [0.1, 0.15) is 30.2 Å². The number of thioether (sulfide) groups is 1. The predicted octanol–water partition coefficient (Wildman–Crippen LogP) is 3.95. The number of hydrogen-bond donors (Lipinski definition) is 2. The molecule has 1 aromatic carbocycles. The van der Waals surface area contributed by atoms with Crippen molar-refractivity contribution in [1.29, 1.82) is 0 Å². The van der Waals surface area contributed by atoms with Gasteiger partial charge in [-0.1, -0.05) is 55.3 Å². The maximum Gasteiger partial charge on any atom is 0.330 e. The van der Waals surface area contributed by atoms with Crippen LogP contribution >= 0.6 is 34.7 Å². The van der Waals surface area contributed by atoms with Crippen molar-refractivity contribution in [2.75, 3.05) is 22.9 Å². The highest BCUT2D eigenvalue weighted by atomic mass is 35.5. The number of carbonyl (C=O) groups is 1. The lowest BCUT2D eigenvalue weighted by molar-refractivity contribution is -0.116. The summed E-state index contributed by atoms with van der Waals surface area (Å²) in [6.07, 6.45) is 1.54. The lowest BCUT2D eigenvalue weighted by Crippen LogP contribution is -2.42. The molecule has 2 heterocycles. The Morgan fingerprint density at radius 3 is 2.62 bits per heavy atom. The third-order valence-electron chi connectivity index (χ3n) is 4.80. The number of anilines is 2. The van der Waals surface area contributed by atoms with E-state index in [-0.39, 0.29) is 29.7 Å². The van der Waals surface area contributed by atoms with Crippen LogP contribution in [0, 0.1) is 0 Å². The monoisotopic (exact) mass is 492 g/mol. The Hall–Kier alpha value is -2.49. The Balaban J connectivity index is 1.86. The molecule has 0 aliphatic rings. The zero-order valence-corrected chi connectivity index (χ0v) is 20.1. The molecule has 0 unspecified atom stereocenters. The topological polar surface area (TPSA) is 101 Å². The van der Waals surface area contributed by atoms with Gasteiger partial charge in [-0.25, -0.2) is 4.79 Å². The summed E-state index contributed by atoms with van der Waals surface area (Å²) in [7, 11) is 0. The van der Waals surface area contributed by atoms with Gasteiger partial charge >= 0.3 is 5.69 Å². The normalized spacial score (nSPS) is 10.9. The van der Waals surface area contributed by atoms with E-state index in [4.69, 9.17) is 17.3 Å². The number of thiophene rings is 1. The smallest absolute Gasteiger partial charge is 0.330 e. The molecule has 7 nitrogen and oxygen atoms in total. The quantitative estimate of drug-likeness (QED) is 0.446. The van der Waals surface area contributed by atoms with Crippen molar-refractivity contribution < 1.29 is 4.79 Å². The number of nitrogens with zero attached hydrogens (tertiary/aromatic N) is 2. The first-order chi connectivity index (χ1) is 15.4. The number of nitrogens with one attached hydrogen (secondary N) is 1. The number of unbranched alkanes of at least 4 members (excludes halogenated alkanes) is 1. The summed E-state index contributed by atoms with van der Waals surface area (Å²) >= 11 is 8.88. The summed E-state index contributed by atoms with van der Waals surface area (Å²) in [5, 5.41) is 0. The van der Waals surface area contributed by atoms with Gasteiger partial charge in [0.05, 0.1) is 16.6 Å². The van der Waals surface area contributed by atoms with Crippen LogP contribution in [-0.2, 0) is 17.1 Å². The maximum atomic E-state index is 13.1. The maximum absolute atomic E-state index is 13.1. The van der Waals surface area contributed by atoms with E-state index in [1.54, 1.807) is 0 Å². The van der Waals surface area contributed by atoms with Gasteiger partial charge in [0.25, 0.3) is 5.56 Å². The molecule has 0 aliphatic carbocycles. The first kappa shape index (κ1) is 24.2. The predicted molar refractivity (Wildman–Crippen MR) is 134 cm³/mol. The second-order valence-corrected chi connectivity index (χ2v) is 9.95. The van der Waals surface area contributed by atoms with E-state index in [1.165, 1.54) is 32.6 Å². The second-order valence-electron chi connectivity index (χ2n) is 7.16. The van der Waals surface area contributed by atoms with Gasteiger partial charge in [-0.05, 0) is 24.1 Å². The average molecular weight is 493 g/mol. The van der Waals surface area contributed by atoms with Crippen molar-refractivity contribution in [3.63, 3.8) is 0 Å². The molecule has 3 N–H and O–H groups in total. The molecule has 10 heteroatoms. The molecule has 0 spiro atoms. The fourth-order valence-electron chi connectivity index (χ4n) is 3.18. The van der Waals surface area contributed by atoms with E-state index in [2.05, 4.69) is 4.98 Å². The summed E-state index contributed by atoms with van der Waals surface area (Å²) in [5.41, 5.74) is 5.92. The van der Waals surface area contributed by atoms with Crippen molar-refractivity contribution in [3.8, 4) is 0 Å². The minimum Gasteiger partial charge on any atom is -0.383 e. The minimum atomic E-state index is -0.656. The fourth-order valence-corrected chi connectivity index (χ4v) is 5.28. The van der Waals surface area contributed by atoms with Gasteiger partial charge in [0, 0.05) is 17.2 Å². The molecule has 0 saturated carbocycles. The van der Waals surface area contributed by atoms with E-state index >= 15 is 0 Å². The third kappa shape index (κ3) is 6.05. The standard InChI is InChI=1S/C22H25ClN4O3S2/c1-2-3-11-26(18(28)14-31-13-16-9-10-17(23)32-16)19-20(24)27(22(30)25-21(19)29)12-15-7-5-4-6-8-15/h4-10H,2-3,11-14,24H2,1H3,(H,25,29,30). The number of rotatable bonds is 10. The third-order valence-corrected chi connectivity index (χ3v) is 7.18. The first-order valence-corrected chi connectivity index (χ1v) is 12.5. The van der Waals surface area contributed by atoms with Crippen LogP contribution in [0.15, 0.2) is 52.1 Å². The van der Waals surface area contributed by atoms with Crippen LogP contribution in [0.4, 0.5) is 11.5 Å². The van der Waals surface area contributed by atoms with Gasteiger partial charge in [-0.3, -0.25) is 19.1 Å². The molecule has 0 aliphatic heterocycles. The summed E-state index contributed by atoms with van der Waals surface area (Å²) in [6.45, 7) is 2.54. The average Bonchev–Trinajstić information content (AvgIpc) is 3.19. The molecule has 32 heavy (non-hydrogen) atoms. The Morgan fingerprint density at radius 1 is 1.22 bits per heavy atom. The van der Waals surface area contributed by atoms with Crippen LogP contribution < -0.4 is 21.9 Å². The number of carbonyl (C=O) groups excluding carboxylic acids is 1. The number of halogens is 1. The minimum absolute atomic E-state index is 0.0119. The lowest BCUT2D eigenvalue weighted by Gasteiger charge is -2.24. The summed E-state index contributed by atoms with van der Waals surface area (Å²) in [5.74, 6) is 0.579. The molecule has 2 aromatic heterocycles. The van der Waals surface area contributed by atoms with E-state index in [9.17, 15) is 14.4 Å². The Bertz CT molecular complexity index is 1170. The summed E-state index contributed by atoms with van der Waals surface area (Å²) in [4.78, 5) is 43.1. The molecule has 0 saturated heterocycles. The van der Waals surface area contributed by atoms with Crippen molar-refractivity contribution in [3.05, 3.63) is 78.1 Å². The zero-order chi connectivity index (χ0) is 23.1. The summed E-state index contributed by atoms with van der Waals surface area (Å²) < 4.78 is 2.00. The van der Waals surface area contributed by atoms with Crippen LogP contribution in [0.3, 0.4) is 0 Å². The number of H-pyrrole nitrogens is 1. The number of aromatic nitrogens is 2. The van der Waals surface area contributed by atoms with Gasteiger partial charge in [0.1, 0.15) is 5.82 Å². The largest absolute Gasteiger partial charge is 0.383 e. The zero-order valence-electron chi connectivity index (χ0n) is 17.7. The summed E-state index contributed by atoms with van der Waals surface area (Å²) in [6, 6.07) is 13.1. The van der Waals surface area contributed by atoms with Gasteiger partial charge in [0.2, 0.25) is 5.91 Å². The molecule has 170 valence electrons. The first-order valence-electron chi connectivity index (χ1n) is 10.2. The van der Waals surface area contributed by atoms with Crippen LogP contribution in [0.2, 0.25) is 4.34 Å². The fraction of sp³-hybridized carbons (Fsp3) is 0.318. The molecule has 0 atom stereocenters. The van der Waals surface area contributed by atoms with Crippen molar-refractivity contribution in [2.24, 2.45) is 0 Å². The number of hydrogen-bond acceptors (Lipinski definition) is 6. The van der Waals surface area contributed by atoms with Gasteiger partial charge < -0.3 is 10.6 Å². The van der Waals surface area contributed by atoms with E-state index in [0.29, 0.717) is 23.1 Å². The van der Waals surface area contributed by atoms with Crippen molar-refractivity contribution in [1.82, 2.24) is 9.55 Å². The number of aromatic amines is 1. The molecular weight excluding hydrogens is 468 g/mol. The number of nitrogen functional groups attached to an aromatic ring is 1. The SMILES string of the molecule is CCCCN(C(=O)CSCc1ccc(Cl)s1)c1c(N)n(Cc2ccccc2)c(=O)[nH]c1=O. The molecule has 0 fully saturated rings. The van der Waals surface area contributed by atoms with Gasteiger partial charge in [0.15, 0.2) is 5.69 Å². The van der Waals surface area contributed by atoms with Crippen LogP contribution in [0.25, 0.3) is 0 Å². The van der Waals surface area contributed by atoms with Crippen molar-refractivity contribution >= 4 is 52.1 Å². The van der Waals surface area contributed by atoms with E-state index < -0.39 is 11.2 Å². The number of amides is 1.